The fourth-order valence-electron chi connectivity index (χ4n) is 3.31. The van der Waals surface area contributed by atoms with E-state index in [-0.39, 0.29) is 61.4 Å². The molecule has 0 fully saturated rings. The second-order valence-electron chi connectivity index (χ2n) is 7.35. The van der Waals surface area contributed by atoms with Gasteiger partial charge in [0.15, 0.2) is 0 Å². The van der Waals surface area contributed by atoms with Gasteiger partial charge in [0.1, 0.15) is 0 Å². The zero-order valence-electron chi connectivity index (χ0n) is 15.0. The normalized spacial score (nSPS) is 23.2. The van der Waals surface area contributed by atoms with E-state index in [1.807, 2.05) is 0 Å². The van der Waals surface area contributed by atoms with Gasteiger partial charge in [0, 0.05) is 9.49 Å². The summed E-state index contributed by atoms with van der Waals surface area (Å²) in [6.45, 7) is 14.0. The first-order valence-corrected chi connectivity index (χ1v) is 8.33. The minimum atomic E-state index is 0. The third-order valence-corrected chi connectivity index (χ3v) is 6.34. The van der Waals surface area contributed by atoms with E-state index in [2.05, 4.69) is 89.8 Å². The summed E-state index contributed by atoms with van der Waals surface area (Å²) in [5, 5.41) is 0. The average molecular weight is 406 g/mol. The van der Waals surface area contributed by atoms with Crippen molar-refractivity contribution in [3.05, 3.63) is 47.6 Å². The topological polar surface area (TPSA) is 0 Å². The molecule has 1 radical (unpaired) electrons. The van der Waals surface area contributed by atoms with Crippen molar-refractivity contribution in [3.8, 4) is 0 Å². The fraction of sp³-hybridized carbons (Fsp3) is 0.579. The summed E-state index contributed by atoms with van der Waals surface area (Å²) in [5.74, 6) is 0. The zero-order valence-corrected chi connectivity index (χ0v) is 18.9. The van der Waals surface area contributed by atoms with Crippen LogP contribution in [0.3, 0.4) is 0 Å². The van der Waals surface area contributed by atoms with Gasteiger partial charge in [-0.1, -0.05) is 58.4 Å². The third kappa shape index (κ3) is 5.29. The molecule has 0 aromatic heterocycles. The van der Waals surface area contributed by atoms with Crippen LogP contribution >= 0.6 is 11.8 Å². The minimum Gasteiger partial charge on any atom is -1.00 e. The molecule has 0 aromatic carbocycles. The van der Waals surface area contributed by atoms with Gasteiger partial charge in [-0.05, 0) is 18.8 Å². The summed E-state index contributed by atoms with van der Waals surface area (Å²) in [5.41, 5.74) is 2.94. The molecule has 2 rings (SSSR count). The Balaban J connectivity index is 0. The molecule has 0 bridgehead atoms. The molecule has 0 aliphatic heterocycles. The Bertz CT molecular complexity index is 510. The van der Waals surface area contributed by atoms with Crippen LogP contribution in [0.5, 0.6) is 0 Å². The van der Waals surface area contributed by atoms with Crippen LogP contribution in [-0.2, 0) is 21.7 Å². The van der Waals surface area contributed by atoms with Crippen LogP contribution in [0.4, 0.5) is 0 Å². The van der Waals surface area contributed by atoms with Gasteiger partial charge in [-0.3, -0.25) is 6.08 Å². The average Bonchev–Trinajstić information content (AvgIpc) is 2.84. The maximum absolute atomic E-state index is 3.57. The molecule has 2 aliphatic carbocycles. The number of hydrogen-bond donors (Lipinski definition) is 0. The second kappa shape index (κ2) is 9.34. The second-order valence-corrected chi connectivity index (χ2v) is 9.47. The molecule has 0 saturated heterocycles. The molecule has 1 unspecified atom stereocenters. The monoisotopic (exact) mass is 405 g/mol. The molecular weight excluding hydrogens is 379 g/mol. The van der Waals surface area contributed by atoms with E-state index in [1.54, 1.807) is 0 Å². The van der Waals surface area contributed by atoms with Gasteiger partial charge < -0.3 is 24.8 Å². The molecule has 0 aromatic rings. The first kappa shape index (κ1) is 25.8. The van der Waals surface area contributed by atoms with E-state index in [1.165, 1.54) is 11.1 Å². The molecular formula is C19H27Cl2STi. The number of hydrogen-bond acceptors (Lipinski definition) is 1. The summed E-state index contributed by atoms with van der Waals surface area (Å²) >= 11 is 2.11. The molecule has 1 atom stereocenters. The van der Waals surface area contributed by atoms with Gasteiger partial charge in [0.05, 0.1) is 0 Å². The van der Waals surface area contributed by atoms with Crippen molar-refractivity contribution in [1.29, 1.82) is 0 Å². The van der Waals surface area contributed by atoms with E-state index in [9.17, 15) is 0 Å². The smallest absolute Gasteiger partial charge is 1.00 e. The molecule has 0 amide bonds. The fourth-order valence-corrected chi connectivity index (χ4v) is 5.13. The molecule has 4 heteroatoms. The molecule has 23 heavy (non-hydrogen) atoms. The first-order valence-electron chi connectivity index (χ1n) is 7.51. The van der Waals surface area contributed by atoms with E-state index in [0.717, 1.165) is 12.8 Å². The third-order valence-electron chi connectivity index (χ3n) is 4.38. The Hall–Kier alpha value is 0.604. The summed E-state index contributed by atoms with van der Waals surface area (Å²) < 4.78 is 0.359. The van der Waals surface area contributed by atoms with Crippen molar-refractivity contribution in [1.82, 2.24) is 0 Å². The SMILES string of the molecule is CC1=CC=CCC1(SC(C)(C)C)C(C)(C)C1=[C-]CC=C1.[Cl-].[Cl-].[Ti+3]. The quantitative estimate of drug-likeness (QED) is 0.466. The van der Waals surface area contributed by atoms with Crippen molar-refractivity contribution < 1.29 is 46.5 Å². The molecule has 0 heterocycles. The van der Waals surface area contributed by atoms with Crippen LogP contribution in [0.2, 0.25) is 0 Å². The van der Waals surface area contributed by atoms with Gasteiger partial charge in [-0.25, -0.2) is 11.6 Å². The van der Waals surface area contributed by atoms with Crippen LogP contribution in [0.15, 0.2) is 41.5 Å². The van der Waals surface area contributed by atoms with Crippen molar-refractivity contribution in [2.24, 2.45) is 5.41 Å². The van der Waals surface area contributed by atoms with Crippen LogP contribution in [0.25, 0.3) is 0 Å². The number of halogens is 2. The van der Waals surface area contributed by atoms with Gasteiger partial charge in [-0.15, -0.1) is 18.2 Å². The van der Waals surface area contributed by atoms with Gasteiger partial charge in [0.25, 0.3) is 0 Å². The molecule has 127 valence electrons. The molecule has 0 saturated carbocycles. The van der Waals surface area contributed by atoms with Gasteiger partial charge >= 0.3 is 21.7 Å². The Morgan fingerprint density at radius 1 is 1.09 bits per heavy atom. The minimum absolute atomic E-state index is 0. The Morgan fingerprint density at radius 2 is 1.70 bits per heavy atom. The largest absolute Gasteiger partial charge is 3.00 e. The summed E-state index contributed by atoms with van der Waals surface area (Å²) in [6, 6.07) is 0. The number of thioether (sulfide) groups is 1. The van der Waals surface area contributed by atoms with Crippen molar-refractivity contribution in [2.75, 3.05) is 0 Å². The maximum atomic E-state index is 3.57. The summed E-state index contributed by atoms with van der Waals surface area (Å²) in [4.78, 5) is 0. The summed E-state index contributed by atoms with van der Waals surface area (Å²) in [7, 11) is 0. The Morgan fingerprint density at radius 3 is 2.13 bits per heavy atom. The number of allylic oxidation sites excluding steroid dienone is 7. The van der Waals surface area contributed by atoms with Gasteiger partial charge in [0.2, 0.25) is 0 Å². The molecule has 0 spiro atoms. The predicted octanol–water partition coefficient (Wildman–Crippen LogP) is -0.116. The predicted molar refractivity (Wildman–Crippen MR) is 91.9 cm³/mol. The van der Waals surface area contributed by atoms with E-state index in [0.29, 0.717) is 0 Å². The maximum Gasteiger partial charge on any atom is 3.00 e. The molecule has 0 nitrogen and oxygen atoms in total. The zero-order chi connectivity index (χ0) is 15.0. The summed E-state index contributed by atoms with van der Waals surface area (Å²) in [6.07, 6.45) is 17.0. The Kier molecular flexibility index (Phi) is 10.5. The van der Waals surface area contributed by atoms with E-state index >= 15 is 0 Å². The van der Waals surface area contributed by atoms with Gasteiger partial charge in [-0.2, -0.15) is 6.08 Å². The van der Waals surface area contributed by atoms with Crippen LogP contribution in [0.1, 0.15) is 54.4 Å². The van der Waals surface area contributed by atoms with Crippen LogP contribution in [0, 0.1) is 11.5 Å². The number of rotatable bonds is 3. The Labute approximate surface area is 174 Å². The van der Waals surface area contributed by atoms with Crippen molar-refractivity contribution in [2.45, 2.75) is 63.9 Å². The van der Waals surface area contributed by atoms with E-state index in [4.69, 9.17) is 0 Å². The van der Waals surface area contributed by atoms with Crippen LogP contribution < -0.4 is 24.8 Å². The van der Waals surface area contributed by atoms with Crippen LogP contribution in [-0.4, -0.2) is 9.49 Å². The van der Waals surface area contributed by atoms with Crippen molar-refractivity contribution >= 4 is 11.8 Å². The van der Waals surface area contributed by atoms with E-state index < -0.39 is 0 Å². The first-order chi connectivity index (χ1) is 9.19. The molecule has 0 N–H and O–H groups in total. The van der Waals surface area contributed by atoms with Crippen molar-refractivity contribution in [3.63, 3.8) is 0 Å². The standard InChI is InChI=1S/C19H27S.2ClH.Ti/c1-15-11-9-10-14-19(15,20-17(2,3)4)18(5,6)16-12-7-8-13-16;;;/h7,9-12H,8,14H2,1-6H3;2*1H;/q-1;;;+3/p-2. The molecule has 2 aliphatic rings.